The van der Waals surface area contributed by atoms with Gasteiger partial charge in [-0.05, 0) is 43.7 Å². The smallest absolute Gasteiger partial charge is 0.274 e. The van der Waals surface area contributed by atoms with E-state index >= 15 is 0 Å². The maximum atomic E-state index is 13.8. The molecule has 1 amide bonds. The van der Waals surface area contributed by atoms with Crippen LogP contribution in [0.5, 0.6) is 5.19 Å². The molecule has 3 aromatic rings. The molecule has 170 valence electrons. The van der Waals surface area contributed by atoms with E-state index in [1.165, 1.54) is 17.4 Å². The summed E-state index contributed by atoms with van der Waals surface area (Å²) < 4.78 is 45.0. The number of amides is 1. The molecule has 1 fully saturated rings. The van der Waals surface area contributed by atoms with Gasteiger partial charge in [-0.15, -0.1) is 0 Å². The minimum Gasteiger partial charge on any atom is -0.467 e. The van der Waals surface area contributed by atoms with Gasteiger partial charge in [-0.3, -0.25) is 4.79 Å². The molecule has 0 atom stereocenters. The Balaban J connectivity index is 1.31. The number of thiazole rings is 1. The number of carbonyl (C=O) groups excluding carboxylic acids is 1. The molecule has 1 aromatic heterocycles. The van der Waals surface area contributed by atoms with Gasteiger partial charge in [0.15, 0.2) is 9.84 Å². The van der Waals surface area contributed by atoms with Crippen molar-refractivity contribution in [3.05, 3.63) is 53.8 Å². The maximum Gasteiger partial charge on any atom is 0.274 e. The molecule has 1 aliphatic rings. The van der Waals surface area contributed by atoms with E-state index in [0.29, 0.717) is 36.6 Å². The third kappa shape index (κ3) is 4.78. The topological polar surface area (TPSA) is 76.6 Å². The summed E-state index contributed by atoms with van der Waals surface area (Å²) in [6.07, 6.45) is 1.51. The largest absolute Gasteiger partial charge is 0.467 e. The Kier molecular flexibility index (Phi) is 6.48. The quantitative estimate of drug-likeness (QED) is 0.532. The summed E-state index contributed by atoms with van der Waals surface area (Å²) in [7, 11) is -3.32. The van der Waals surface area contributed by atoms with E-state index in [1.54, 1.807) is 49.1 Å². The van der Waals surface area contributed by atoms with Crippen molar-refractivity contribution in [2.24, 2.45) is 0 Å². The predicted octanol–water partition coefficient (Wildman–Crippen LogP) is 4.23. The van der Waals surface area contributed by atoms with Crippen LogP contribution < -0.4 is 4.74 Å². The Morgan fingerprint density at radius 2 is 1.88 bits per heavy atom. The normalized spacial score (nSPS) is 15.4. The average Bonchev–Trinajstić information content (AvgIpc) is 3.18. The van der Waals surface area contributed by atoms with Gasteiger partial charge in [0.25, 0.3) is 5.19 Å². The van der Waals surface area contributed by atoms with E-state index in [1.807, 2.05) is 6.07 Å². The van der Waals surface area contributed by atoms with Gasteiger partial charge in [-0.1, -0.05) is 29.5 Å². The Bertz CT molecular complexity index is 1210. The van der Waals surface area contributed by atoms with Crippen molar-refractivity contribution < 1.29 is 22.3 Å². The Labute approximate surface area is 190 Å². The Morgan fingerprint density at radius 3 is 2.50 bits per heavy atom. The monoisotopic (exact) mass is 476 g/mol. The zero-order valence-corrected chi connectivity index (χ0v) is 19.6. The fraction of sp³-hybridized carbons (Fsp3) is 0.391. The standard InChI is InChI=1S/C23H25FN2O4S2/c1-15(2)32(28,29)18-8-6-16(7-9-18)14-21(27)26-12-10-17(11-13-26)30-23-25-22-19(24)4-3-5-20(22)31-23/h3-9,15,17H,10-14H2,1-2H3. The predicted molar refractivity (Wildman–Crippen MR) is 122 cm³/mol. The van der Waals surface area contributed by atoms with Crippen molar-refractivity contribution in [1.29, 1.82) is 0 Å². The molecule has 1 aliphatic heterocycles. The maximum absolute atomic E-state index is 13.8. The molecule has 0 radical (unpaired) electrons. The third-order valence-electron chi connectivity index (χ3n) is 5.64. The van der Waals surface area contributed by atoms with Crippen LogP contribution in [0, 0.1) is 5.82 Å². The highest BCUT2D eigenvalue weighted by atomic mass is 32.2. The van der Waals surface area contributed by atoms with Crippen LogP contribution in [-0.2, 0) is 21.1 Å². The first-order valence-electron chi connectivity index (χ1n) is 10.6. The molecule has 1 saturated heterocycles. The van der Waals surface area contributed by atoms with Crippen molar-refractivity contribution in [2.45, 2.75) is 49.4 Å². The van der Waals surface area contributed by atoms with Crippen molar-refractivity contribution in [1.82, 2.24) is 9.88 Å². The summed E-state index contributed by atoms with van der Waals surface area (Å²) in [4.78, 5) is 19.0. The van der Waals surface area contributed by atoms with Gasteiger partial charge in [-0.2, -0.15) is 4.98 Å². The fourth-order valence-electron chi connectivity index (χ4n) is 3.67. The molecule has 4 rings (SSSR count). The highest BCUT2D eigenvalue weighted by Crippen LogP contribution is 2.31. The minimum atomic E-state index is -3.32. The van der Waals surface area contributed by atoms with E-state index in [2.05, 4.69) is 4.98 Å². The van der Waals surface area contributed by atoms with Crippen LogP contribution >= 0.6 is 11.3 Å². The van der Waals surface area contributed by atoms with Crippen LogP contribution in [0.1, 0.15) is 32.3 Å². The zero-order chi connectivity index (χ0) is 22.9. The van der Waals surface area contributed by atoms with E-state index in [4.69, 9.17) is 4.74 Å². The lowest BCUT2D eigenvalue weighted by molar-refractivity contribution is -0.132. The number of fused-ring (bicyclic) bond motifs is 1. The highest BCUT2D eigenvalue weighted by Gasteiger charge is 2.25. The number of rotatable bonds is 6. The summed E-state index contributed by atoms with van der Waals surface area (Å²) in [5, 5.41) is -0.0356. The van der Waals surface area contributed by atoms with E-state index in [-0.39, 0.29) is 29.1 Å². The number of halogens is 1. The molecular weight excluding hydrogens is 451 g/mol. The molecule has 2 aromatic carbocycles. The number of likely N-dealkylation sites (tertiary alicyclic amines) is 1. The van der Waals surface area contributed by atoms with Gasteiger partial charge in [0.2, 0.25) is 5.91 Å². The summed E-state index contributed by atoms with van der Waals surface area (Å²) in [6, 6.07) is 11.4. The summed E-state index contributed by atoms with van der Waals surface area (Å²) in [5.41, 5.74) is 1.11. The SMILES string of the molecule is CC(C)S(=O)(=O)c1ccc(CC(=O)N2CCC(Oc3nc4c(F)cccc4s3)CC2)cc1. The van der Waals surface area contributed by atoms with Crippen molar-refractivity contribution in [3.8, 4) is 5.19 Å². The van der Waals surface area contributed by atoms with Crippen LogP contribution in [0.15, 0.2) is 47.4 Å². The molecular formula is C23H25FN2O4S2. The minimum absolute atomic E-state index is 0.00461. The Morgan fingerprint density at radius 1 is 1.19 bits per heavy atom. The number of nitrogens with zero attached hydrogens (tertiary/aromatic N) is 2. The number of sulfone groups is 1. The first-order valence-corrected chi connectivity index (χ1v) is 12.9. The van der Waals surface area contributed by atoms with E-state index < -0.39 is 15.1 Å². The van der Waals surface area contributed by atoms with Gasteiger partial charge in [0, 0.05) is 25.9 Å². The van der Waals surface area contributed by atoms with Crippen LogP contribution in [0.2, 0.25) is 0 Å². The average molecular weight is 477 g/mol. The number of carbonyl (C=O) groups is 1. The number of hydrogen-bond acceptors (Lipinski definition) is 6. The number of benzene rings is 2. The van der Waals surface area contributed by atoms with E-state index in [9.17, 15) is 17.6 Å². The van der Waals surface area contributed by atoms with Crippen molar-refractivity contribution >= 4 is 37.3 Å². The summed E-state index contributed by atoms with van der Waals surface area (Å²) in [5.74, 6) is -0.353. The van der Waals surface area contributed by atoms with Crippen LogP contribution in [0.4, 0.5) is 4.39 Å². The van der Waals surface area contributed by atoms with Gasteiger partial charge in [-0.25, -0.2) is 12.8 Å². The molecule has 6 nitrogen and oxygen atoms in total. The lowest BCUT2D eigenvalue weighted by Gasteiger charge is -2.31. The number of para-hydroxylation sites is 1. The van der Waals surface area contributed by atoms with E-state index in [0.717, 1.165) is 10.3 Å². The van der Waals surface area contributed by atoms with Gasteiger partial charge >= 0.3 is 0 Å². The number of ether oxygens (including phenoxy) is 1. The van der Waals surface area contributed by atoms with Gasteiger partial charge in [0.05, 0.1) is 21.3 Å². The second kappa shape index (κ2) is 9.15. The molecule has 2 heterocycles. The molecule has 0 bridgehead atoms. The molecule has 0 spiro atoms. The Hall–Kier alpha value is -2.52. The number of piperidine rings is 1. The van der Waals surface area contributed by atoms with Crippen molar-refractivity contribution in [3.63, 3.8) is 0 Å². The van der Waals surface area contributed by atoms with Gasteiger partial charge in [0.1, 0.15) is 17.4 Å². The van der Waals surface area contributed by atoms with Crippen LogP contribution in [0.3, 0.4) is 0 Å². The molecule has 0 unspecified atom stereocenters. The molecule has 32 heavy (non-hydrogen) atoms. The fourth-order valence-corrected chi connectivity index (χ4v) is 5.62. The summed E-state index contributed by atoms with van der Waals surface area (Å²) in [6.45, 7) is 4.44. The summed E-state index contributed by atoms with van der Waals surface area (Å²) >= 11 is 1.32. The second-order valence-corrected chi connectivity index (χ2v) is 11.7. The number of hydrogen-bond donors (Lipinski definition) is 0. The van der Waals surface area contributed by atoms with Crippen molar-refractivity contribution in [2.75, 3.05) is 13.1 Å². The second-order valence-electron chi connectivity index (χ2n) is 8.18. The third-order valence-corrected chi connectivity index (χ3v) is 8.72. The first kappa shape index (κ1) is 22.7. The number of aromatic nitrogens is 1. The van der Waals surface area contributed by atoms with Crippen LogP contribution in [0.25, 0.3) is 10.2 Å². The molecule has 0 aliphatic carbocycles. The first-order chi connectivity index (χ1) is 15.2. The molecule has 9 heteroatoms. The van der Waals surface area contributed by atoms with Gasteiger partial charge < -0.3 is 9.64 Å². The molecule has 0 N–H and O–H groups in total. The lowest BCUT2D eigenvalue weighted by Crippen LogP contribution is -2.42. The van der Waals surface area contributed by atoms with Crippen LogP contribution in [-0.4, -0.2) is 48.7 Å². The highest BCUT2D eigenvalue weighted by molar-refractivity contribution is 7.92. The zero-order valence-electron chi connectivity index (χ0n) is 18.0. The lowest BCUT2D eigenvalue weighted by atomic mass is 10.1. The molecule has 0 saturated carbocycles.